The fraction of sp³-hybridized carbons (Fsp3) is 0.750. The lowest BCUT2D eigenvalue weighted by Gasteiger charge is -2.21. The molecule has 10 heavy (non-hydrogen) atoms. The first kappa shape index (κ1) is 7.76. The van der Waals surface area contributed by atoms with Crippen molar-refractivity contribution in [1.82, 2.24) is 4.90 Å². The van der Waals surface area contributed by atoms with Crippen molar-refractivity contribution in [2.75, 3.05) is 26.7 Å². The van der Waals surface area contributed by atoms with Crippen molar-refractivity contribution >= 4 is 0 Å². The third-order valence-electron chi connectivity index (χ3n) is 1.97. The Balaban J connectivity index is 2.33. The summed E-state index contributed by atoms with van der Waals surface area (Å²) in [7, 11) is 2.15. The number of hydrogen-bond acceptors (Lipinski definition) is 2. The molecule has 0 saturated carbocycles. The Morgan fingerprint density at radius 2 is 2.50 bits per heavy atom. The van der Waals surface area contributed by atoms with E-state index in [1.807, 2.05) is 0 Å². The molecule has 0 bridgehead atoms. The summed E-state index contributed by atoms with van der Waals surface area (Å²) in [6.45, 7) is 3.11. The molecule has 2 heteroatoms. The van der Waals surface area contributed by atoms with Crippen LogP contribution in [0.15, 0.2) is 11.6 Å². The number of rotatable bonds is 2. The molecule has 1 rings (SSSR count). The minimum atomic E-state index is 0.801. The third kappa shape index (κ3) is 2.12. The van der Waals surface area contributed by atoms with Gasteiger partial charge in [0.15, 0.2) is 0 Å². The summed E-state index contributed by atoms with van der Waals surface area (Å²) in [5, 5.41) is 0. The van der Waals surface area contributed by atoms with E-state index >= 15 is 0 Å². The zero-order valence-electron chi connectivity index (χ0n) is 6.64. The van der Waals surface area contributed by atoms with Crippen molar-refractivity contribution in [1.29, 1.82) is 0 Å². The predicted octanol–water partition coefficient (Wildman–Crippen LogP) is 0.597. The summed E-state index contributed by atoms with van der Waals surface area (Å²) in [4.78, 5) is 2.32. The molecule has 0 unspecified atom stereocenters. The average Bonchev–Trinajstić information content (AvgIpc) is 1.95. The van der Waals surface area contributed by atoms with Crippen molar-refractivity contribution in [3.63, 3.8) is 0 Å². The zero-order valence-corrected chi connectivity index (χ0v) is 6.64. The van der Waals surface area contributed by atoms with Crippen LogP contribution in [0, 0.1) is 0 Å². The molecule has 0 radical (unpaired) electrons. The van der Waals surface area contributed by atoms with Gasteiger partial charge in [0.05, 0.1) is 0 Å². The average molecular weight is 140 g/mol. The summed E-state index contributed by atoms with van der Waals surface area (Å²) in [5.41, 5.74) is 6.98. The van der Waals surface area contributed by atoms with E-state index in [9.17, 15) is 0 Å². The SMILES string of the molecule is CN1CC=C(CCN)CC1. The number of hydrogen-bond donors (Lipinski definition) is 1. The normalized spacial score (nSPS) is 20.8. The number of likely N-dealkylation sites (N-methyl/N-ethyl adjacent to an activating group) is 1. The van der Waals surface area contributed by atoms with Crippen molar-refractivity contribution < 1.29 is 0 Å². The first-order valence-corrected chi connectivity index (χ1v) is 3.89. The molecular weight excluding hydrogens is 124 g/mol. The smallest absolute Gasteiger partial charge is 0.0162 e. The van der Waals surface area contributed by atoms with Gasteiger partial charge in [0, 0.05) is 13.1 Å². The van der Waals surface area contributed by atoms with Crippen LogP contribution in [0.25, 0.3) is 0 Å². The number of nitrogens with zero attached hydrogens (tertiary/aromatic N) is 1. The lowest BCUT2D eigenvalue weighted by Crippen LogP contribution is -2.24. The van der Waals surface area contributed by atoms with Gasteiger partial charge in [-0.25, -0.2) is 0 Å². The van der Waals surface area contributed by atoms with Crippen LogP contribution < -0.4 is 5.73 Å². The van der Waals surface area contributed by atoms with Crippen molar-refractivity contribution in [3.8, 4) is 0 Å². The van der Waals surface area contributed by atoms with Crippen LogP contribution in [0.2, 0.25) is 0 Å². The maximum atomic E-state index is 5.44. The van der Waals surface area contributed by atoms with Crippen molar-refractivity contribution in [3.05, 3.63) is 11.6 Å². The molecule has 0 aromatic carbocycles. The summed E-state index contributed by atoms with van der Waals surface area (Å²) in [6, 6.07) is 0. The molecule has 0 aromatic rings. The second-order valence-electron chi connectivity index (χ2n) is 2.91. The van der Waals surface area contributed by atoms with Gasteiger partial charge in [-0.2, -0.15) is 0 Å². The van der Waals surface area contributed by atoms with E-state index in [-0.39, 0.29) is 0 Å². The standard InChI is InChI=1S/C8H16N2/c1-10-6-3-8(2-5-9)4-7-10/h3H,2,4-7,9H2,1H3. The van der Waals surface area contributed by atoms with E-state index in [1.165, 1.54) is 13.0 Å². The quantitative estimate of drug-likeness (QED) is 0.569. The summed E-state index contributed by atoms with van der Waals surface area (Å²) >= 11 is 0. The van der Waals surface area contributed by atoms with Crippen LogP contribution >= 0.6 is 0 Å². The molecule has 0 aliphatic carbocycles. The van der Waals surface area contributed by atoms with Gasteiger partial charge in [0.2, 0.25) is 0 Å². The molecule has 0 fully saturated rings. The zero-order chi connectivity index (χ0) is 7.40. The highest BCUT2D eigenvalue weighted by molar-refractivity contribution is 5.06. The summed E-state index contributed by atoms with van der Waals surface area (Å²) in [5.74, 6) is 0. The van der Waals surface area contributed by atoms with Gasteiger partial charge in [-0.3, -0.25) is 0 Å². The van der Waals surface area contributed by atoms with Gasteiger partial charge in [0.1, 0.15) is 0 Å². The highest BCUT2D eigenvalue weighted by Gasteiger charge is 2.05. The highest BCUT2D eigenvalue weighted by Crippen LogP contribution is 2.11. The van der Waals surface area contributed by atoms with Gasteiger partial charge in [0.25, 0.3) is 0 Å². The van der Waals surface area contributed by atoms with Gasteiger partial charge in [-0.15, -0.1) is 0 Å². The fourth-order valence-electron chi connectivity index (χ4n) is 1.23. The van der Waals surface area contributed by atoms with Crippen molar-refractivity contribution in [2.24, 2.45) is 5.73 Å². The van der Waals surface area contributed by atoms with Gasteiger partial charge in [-0.1, -0.05) is 11.6 Å². The minimum Gasteiger partial charge on any atom is -0.330 e. The van der Waals surface area contributed by atoms with Gasteiger partial charge < -0.3 is 10.6 Å². The first-order chi connectivity index (χ1) is 4.83. The lowest BCUT2D eigenvalue weighted by atomic mass is 10.1. The van der Waals surface area contributed by atoms with E-state index in [1.54, 1.807) is 5.57 Å². The molecule has 0 spiro atoms. The molecule has 1 aliphatic heterocycles. The van der Waals surface area contributed by atoms with Crippen molar-refractivity contribution in [2.45, 2.75) is 12.8 Å². The molecular formula is C8H16N2. The molecule has 0 aromatic heterocycles. The monoisotopic (exact) mass is 140 g/mol. The topological polar surface area (TPSA) is 29.3 Å². The van der Waals surface area contributed by atoms with E-state index < -0.39 is 0 Å². The highest BCUT2D eigenvalue weighted by atomic mass is 15.1. The van der Waals surface area contributed by atoms with E-state index in [0.29, 0.717) is 0 Å². The third-order valence-corrected chi connectivity index (χ3v) is 1.97. The van der Waals surface area contributed by atoms with Gasteiger partial charge >= 0.3 is 0 Å². The summed E-state index contributed by atoms with van der Waals surface area (Å²) < 4.78 is 0. The van der Waals surface area contributed by atoms with E-state index in [4.69, 9.17) is 5.73 Å². The van der Waals surface area contributed by atoms with E-state index in [2.05, 4.69) is 18.0 Å². The molecule has 0 amide bonds. The maximum absolute atomic E-state index is 5.44. The largest absolute Gasteiger partial charge is 0.330 e. The lowest BCUT2D eigenvalue weighted by molar-refractivity contribution is 0.356. The van der Waals surface area contributed by atoms with E-state index in [0.717, 1.165) is 19.5 Å². The van der Waals surface area contributed by atoms with Crippen LogP contribution in [0.3, 0.4) is 0 Å². The Hall–Kier alpha value is -0.340. The fourth-order valence-corrected chi connectivity index (χ4v) is 1.23. The minimum absolute atomic E-state index is 0.801. The second-order valence-corrected chi connectivity index (χ2v) is 2.91. The summed E-state index contributed by atoms with van der Waals surface area (Å²) in [6.07, 6.45) is 4.61. The molecule has 2 nitrogen and oxygen atoms in total. The molecule has 2 N–H and O–H groups in total. The Morgan fingerprint density at radius 3 is 3.00 bits per heavy atom. The maximum Gasteiger partial charge on any atom is 0.0162 e. The van der Waals surface area contributed by atoms with Gasteiger partial charge in [-0.05, 0) is 26.4 Å². The second kappa shape index (κ2) is 3.74. The molecule has 0 saturated heterocycles. The molecule has 0 atom stereocenters. The Kier molecular flexibility index (Phi) is 2.90. The first-order valence-electron chi connectivity index (χ1n) is 3.89. The Labute approximate surface area is 62.7 Å². The Bertz CT molecular complexity index is 129. The van der Waals surface area contributed by atoms with Crippen LogP contribution in [-0.2, 0) is 0 Å². The van der Waals surface area contributed by atoms with Crippen LogP contribution in [-0.4, -0.2) is 31.6 Å². The van der Waals surface area contributed by atoms with Crippen LogP contribution in [0.1, 0.15) is 12.8 Å². The van der Waals surface area contributed by atoms with Crippen LogP contribution in [0.5, 0.6) is 0 Å². The molecule has 1 aliphatic rings. The van der Waals surface area contributed by atoms with Crippen LogP contribution in [0.4, 0.5) is 0 Å². The number of nitrogens with two attached hydrogens (primary N) is 1. The molecule has 1 heterocycles. The molecule has 58 valence electrons. The Morgan fingerprint density at radius 1 is 1.70 bits per heavy atom. The predicted molar refractivity (Wildman–Crippen MR) is 43.9 cm³/mol.